The maximum Gasteiger partial charge on any atom is 0.195 e. The molecule has 2 rings (SSSR count). The van der Waals surface area contributed by atoms with Crippen LogP contribution in [0.3, 0.4) is 0 Å². The van der Waals surface area contributed by atoms with Crippen LogP contribution in [0.25, 0.3) is 11.0 Å². The van der Waals surface area contributed by atoms with Gasteiger partial charge in [-0.2, -0.15) is 0 Å². The normalized spacial score (nSPS) is 10.5. The molecule has 15 heavy (non-hydrogen) atoms. The number of benzene rings is 1. The van der Waals surface area contributed by atoms with Crippen LogP contribution in [-0.4, -0.2) is 21.6 Å². The number of para-hydroxylation sites is 2. The quantitative estimate of drug-likeness (QED) is 0.559. The van der Waals surface area contributed by atoms with Crippen LogP contribution in [0, 0.1) is 0 Å². The van der Waals surface area contributed by atoms with Gasteiger partial charge in [0.25, 0.3) is 0 Å². The first kappa shape index (κ1) is 9.58. The van der Waals surface area contributed by atoms with E-state index in [2.05, 4.69) is 4.98 Å². The van der Waals surface area contributed by atoms with Crippen LogP contribution in [0.4, 0.5) is 0 Å². The number of rotatable bonds is 3. The molecule has 0 spiro atoms. The topological polar surface area (TPSA) is 52.0 Å². The molecule has 1 aromatic carbocycles. The molecule has 4 nitrogen and oxygen atoms in total. The molecule has 0 saturated heterocycles. The summed E-state index contributed by atoms with van der Waals surface area (Å²) in [6.45, 7) is 1.61. The Kier molecular flexibility index (Phi) is 2.33. The van der Waals surface area contributed by atoms with Crippen LogP contribution >= 0.6 is 0 Å². The Morgan fingerprint density at radius 3 is 2.87 bits per heavy atom. The third-order valence-corrected chi connectivity index (χ3v) is 2.23. The van der Waals surface area contributed by atoms with Crippen molar-refractivity contribution >= 4 is 23.1 Å². The molecule has 0 bridgehead atoms. The molecule has 0 fully saturated rings. The van der Waals surface area contributed by atoms with Crippen molar-refractivity contribution in [2.24, 2.45) is 0 Å². The predicted molar refractivity (Wildman–Crippen MR) is 55.8 cm³/mol. The number of hydrogen-bond donors (Lipinski definition) is 0. The standard InChI is InChI=1S/C11H10N2O2/c1-8(15)11-12-9-4-2-3-5-10(9)13(11)6-7-14/h2-5,7H,6H2,1H3. The largest absolute Gasteiger partial charge is 0.314 e. The van der Waals surface area contributed by atoms with Crippen LogP contribution in [0.5, 0.6) is 0 Å². The van der Waals surface area contributed by atoms with Gasteiger partial charge in [-0.15, -0.1) is 0 Å². The Balaban J connectivity index is 2.73. The molecule has 2 aromatic rings. The van der Waals surface area contributed by atoms with Crippen LogP contribution < -0.4 is 0 Å². The van der Waals surface area contributed by atoms with Gasteiger partial charge in [-0.1, -0.05) is 12.1 Å². The number of imidazole rings is 1. The van der Waals surface area contributed by atoms with Gasteiger partial charge in [-0.05, 0) is 12.1 Å². The summed E-state index contributed by atoms with van der Waals surface area (Å²) in [4.78, 5) is 26.0. The van der Waals surface area contributed by atoms with Gasteiger partial charge in [0.15, 0.2) is 11.6 Å². The van der Waals surface area contributed by atoms with Crippen molar-refractivity contribution in [2.75, 3.05) is 0 Å². The van der Waals surface area contributed by atoms with Crippen molar-refractivity contribution in [3.8, 4) is 0 Å². The Labute approximate surface area is 86.5 Å². The van der Waals surface area contributed by atoms with Crippen molar-refractivity contribution in [3.05, 3.63) is 30.1 Å². The summed E-state index contributed by atoms with van der Waals surface area (Å²) < 4.78 is 1.63. The summed E-state index contributed by atoms with van der Waals surface area (Å²) in [5.41, 5.74) is 1.55. The van der Waals surface area contributed by atoms with E-state index in [1.165, 1.54) is 6.92 Å². The molecule has 1 heterocycles. The summed E-state index contributed by atoms with van der Waals surface area (Å²) >= 11 is 0. The minimum Gasteiger partial charge on any atom is -0.314 e. The summed E-state index contributed by atoms with van der Waals surface area (Å²) in [6, 6.07) is 7.38. The SMILES string of the molecule is CC(=O)c1nc2ccccc2n1CC=O. The molecule has 0 N–H and O–H groups in total. The van der Waals surface area contributed by atoms with Crippen LogP contribution in [0.2, 0.25) is 0 Å². The molecule has 0 aliphatic rings. The minimum atomic E-state index is -0.131. The van der Waals surface area contributed by atoms with Crippen molar-refractivity contribution in [3.63, 3.8) is 0 Å². The Hall–Kier alpha value is -1.97. The van der Waals surface area contributed by atoms with Crippen LogP contribution in [-0.2, 0) is 11.3 Å². The number of carbonyl (C=O) groups is 2. The average molecular weight is 202 g/mol. The van der Waals surface area contributed by atoms with Crippen molar-refractivity contribution in [2.45, 2.75) is 13.5 Å². The van der Waals surface area contributed by atoms with Gasteiger partial charge >= 0.3 is 0 Å². The second-order valence-electron chi connectivity index (χ2n) is 3.26. The van der Waals surface area contributed by atoms with Crippen LogP contribution in [0.1, 0.15) is 17.5 Å². The van der Waals surface area contributed by atoms with Crippen molar-refractivity contribution in [1.82, 2.24) is 9.55 Å². The molecule has 0 atom stereocenters. The number of ketones is 1. The zero-order chi connectivity index (χ0) is 10.8. The summed E-state index contributed by atoms with van der Waals surface area (Å²) in [5.74, 6) is 0.205. The van der Waals surface area contributed by atoms with E-state index < -0.39 is 0 Å². The zero-order valence-electron chi connectivity index (χ0n) is 8.30. The highest BCUT2D eigenvalue weighted by Gasteiger charge is 2.12. The van der Waals surface area contributed by atoms with E-state index in [4.69, 9.17) is 0 Å². The molecule has 0 radical (unpaired) electrons. The number of nitrogens with zero attached hydrogens (tertiary/aromatic N) is 2. The first-order valence-electron chi connectivity index (χ1n) is 4.64. The Morgan fingerprint density at radius 2 is 2.20 bits per heavy atom. The van der Waals surface area contributed by atoms with E-state index in [1.54, 1.807) is 4.57 Å². The Morgan fingerprint density at radius 1 is 1.47 bits per heavy atom. The highest BCUT2D eigenvalue weighted by Crippen LogP contribution is 2.15. The lowest BCUT2D eigenvalue weighted by Crippen LogP contribution is -2.08. The summed E-state index contributed by atoms with van der Waals surface area (Å²) in [6.07, 6.45) is 0.764. The van der Waals surface area contributed by atoms with Crippen molar-refractivity contribution in [1.29, 1.82) is 0 Å². The lowest BCUT2D eigenvalue weighted by molar-refractivity contribution is -0.108. The fourth-order valence-electron chi connectivity index (χ4n) is 1.60. The highest BCUT2D eigenvalue weighted by molar-refractivity contribution is 5.95. The fourth-order valence-corrected chi connectivity index (χ4v) is 1.60. The number of aromatic nitrogens is 2. The number of hydrogen-bond acceptors (Lipinski definition) is 3. The second-order valence-corrected chi connectivity index (χ2v) is 3.26. The molecule has 0 unspecified atom stereocenters. The Bertz CT molecular complexity index is 528. The summed E-state index contributed by atoms with van der Waals surface area (Å²) in [7, 11) is 0. The van der Waals surface area contributed by atoms with E-state index in [0.717, 1.165) is 17.3 Å². The number of carbonyl (C=O) groups excluding carboxylic acids is 2. The highest BCUT2D eigenvalue weighted by atomic mass is 16.1. The first-order chi connectivity index (χ1) is 7.24. The molecule has 1 aromatic heterocycles. The smallest absolute Gasteiger partial charge is 0.195 e. The number of Topliss-reactive ketones (excluding diaryl/α,β-unsaturated/α-hetero) is 1. The van der Waals surface area contributed by atoms with E-state index in [0.29, 0.717) is 5.82 Å². The predicted octanol–water partition coefficient (Wildman–Crippen LogP) is 1.44. The van der Waals surface area contributed by atoms with E-state index in [9.17, 15) is 9.59 Å². The summed E-state index contributed by atoms with van der Waals surface area (Å²) in [5, 5.41) is 0. The third-order valence-electron chi connectivity index (χ3n) is 2.23. The van der Waals surface area contributed by atoms with Gasteiger partial charge in [0.2, 0.25) is 0 Å². The molecule has 0 amide bonds. The molecule has 0 saturated carbocycles. The van der Waals surface area contributed by atoms with Gasteiger partial charge in [-0.3, -0.25) is 4.79 Å². The molecule has 0 aliphatic heterocycles. The fraction of sp³-hybridized carbons (Fsp3) is 0.182. The molecule has 4 heteroatoms. The molecular weight excluding hydrogens is 192 g/mol. The van der Waals surface area contributed by atoms with E-state index in [-0.39, 0.29) is 12.3 Å². The third kappa shape index (κ3) is 1.54. The van der Waals surface area contributed by atoms with Gasteiger partial charge in [0, 0.05) is 6.92 Å². The number of fused-ring (bicyclic) bond motifs is 1. The minimum absolute atomic E-state index is 0.131. The maximum absolute atomic E-state index is 11.3. The molecule has 76 valence electrons. The van der Waals surface area contributed by atoms with Gasteiger partial charge in [0.1, 0.15) is 6.29 Å². The molecular formula is C11H10N2O2. The van der Waals surface area contributed by atoms with Gasteiger partial charge < -0.3 is 9.36 Å². The number of aldehydes is 1. The van der Waals surface area contributed by atoms with Gasteiger partial charge in [-0.25, -0.2) is 4.98 Å². The lowest BCUT2D eigenvalue weighted by Gasteiger charge is -2.00. The monoisotopic (exact) mass is 202 g/mol. The average Bonchev–Trinajstić information content (AvgIpc) is 2.58. The van der Waals surface area contributed by atoms with Gasteiger partial charge in [0.05, 0.1) is 17.6 Å². The van der Waals surface area contributed by atoms with Crippen LogP contribution in [0.15, 0.2) is 24.3 Å². The van der Waals surface area contributed by atoms with E-state index >= 15 is 0 Å². The lowest BCUT2D eigenvalue weighted by atomic mass is 10.3. The first-order valence-corrected chi connectivity index (χ1v) is 4.64. The second kappa shape index (κ2) is 3.65. The van der Waals surface area contributed by atoms with E-state index in [1.807, 2.05) is 24.3 Å². The zero-order valence-corrected chi connectivity index (χ0v) is 8.30. The maximum atomic E-state index is 11.3. The van der Waals surface area contributed by atoms with Crippen molar-refractivity contribution < 1.29 is 9.59 Å². The molecule has 0 aliphatic carbocycles.